The third-order valence-electron chi connectivity index (χ3n) is 4.47. The van der Waals surface area contributed by atoms with E-state index >= 15 is 0 Å². The minimum Gasteiger partial charge on any atom is -0.443 e. The van der Waals surface area contributed by atoms with Crippen molar-refractivity contribution in [1.29, 1.82) is 0 Å². The molecule has 1 aliphatic rings. The van der Waals surface area contributed by atoms with Crippen LogP contribution in [-0.4, -0.2) is 39.0 Å². The number of aryl methyl sites for hydroxylation is 1. The minimum atomic E-state index is -0.797. The number of hydrogen-bond acceptors (Lipinski definition) is 3. The van der Waals surface area contributed by atoms with Gasteiger partial charge in [0.1, 0.15) is 17.2 Å². The van der Waals surface area contributed by atoms with Crippen LogP contribution in [0.5, 0.6) is 0 Å². The fourth-order valence-corrected chi connectivity index (χ4v) is 3.96. The van der Waals surface area contributed by atoms with Crippen LogP contribution in [0.25, 0.3) is 11.3 Å². The molecule has 2 heterocycles. The van der Waals surface area contributed by atoms with Gasteiger partial charge in [-0.25, -0.2) is 18.1 Å². The summed E-state index contributed by atoms with van der Waals surface area (Å²) in [7, 11) is 0.938. The molecule has 1 aliphatic heterocycles. The molecule has 0 radical (unpaired) electrons. The summed E-state index contributed by atoms with van der Waals surface area (Å²) in [6.07, 6.45) is 0.204. The lowest BCUT2D eigenvalue weighted by atomic mass is 10.0. The van der Waals surface area contributed by atoms with Gasteiger partial charge in [-0.3, -0.25) is 4.79 Å². The monoisotopic (exact) mass is 406 g/mol. The predicted octanol–water partition coefficient (Wildman–Crippen LogP) is 2.83. The highest BCUT2D eigenvalue weighted by Crippen LogP contribution is 2.33. The lowest BCUT2D eigenvalue weighted by Gasteiger charge is -2.23. The molecule has 1 aromatic carbocycles. The highest BCUT2D eigenvalue weighted by Gasteiger charge is 2.31. The van der Waals surface area contributed by atoms with Crippen molar-refractivity contribution in [2.75, 3.05) is 6.54 Å². The molecule has 0 bridgehead atoms. The molecule has 2 aromatic rings. The second-order valence-corrected chi connectivity index (χ2v) is 8.90. The zero-order valence-corrected chi connectivity index (χ0v) is 18.5. The van der Waals surface area contributed by atoms with E-state index < -0.39 is 23.3 Å². The lowest BCUT2D eigenvalue weighted by molar-refractivity contribution is 0.0535. The van der Waals surface area contributed by atoms with Gasteiger partial charge < -0.3 is 10.1 Å². The van der Waals surface area contributed by atoms with Gasteiger partial charge in [-0.15, -0.1) is 0 Å². The average molecular weight is 407 g/mol. The van der Waals surface area contributed by atoms with E-state index in [0.29, 0.717) is 30.6 Å². The third-order valence-corrected chi connectivity index (χ3v) is 4.97. The molecule has 0 atom stereocenters. The maximum absolute atomic E-state index is 14.9. The number of benzene rings is 1. The molecule has 0 saturated heterocycles. The molecule has 5 nitrogen and oxygen atoms in total. The van der Waals surface area contributed by atoms with Crippen LogP contribution in [0.1, 0.15) is 42.4 Å². The average Bonchev–Trinajstić information content (AvgIpc) is 2.93. The van der Waals surface area contributed by atoms with Crippen LogP contribution < -0.4 is 5.32 Å². The number of carbonyl (C=O) groups excluding carboxylic acids is 2. The maximum Gasteiger partial charge on any atom is 0.419 e. The minimum absolute atomic E-state index is 0.0104. The van der Waals surface area contributed by atoms with Crippen molar-refractivity contribution < 1.29 is 23.1 Å². The van der Waals surface area contributed by atoms with E-state index in [4.69, 9.17) is 4.74 Å². The summed E-state index contributed by atoms with van der Waals surface area (Å²) < 4.78 is 36.3. The smallest absolute Gasteiger partial charge is 0.419 e. The van der Waals surface area contributed by atoms with Gasteiger partial charge >= 0.3 is 6.09 Å². The van der Waals surface area contributed by atoms with E-state index in [-0.39, 0.29) is 22.7 Å². The molecule has 1 amide bonds. The van der Waals surface area contributed by atoms with Crippen molar-refractivity contribution in [3.63, 3.8) is 0 Å². The van der Waals surface area contributed by atoms with E-state index in [1.54, 1.807) is 20.8 Å². The number of aromatic nitrogens is 1. The molecule has 1 N–H and O–H groups in total. The van der Waals surface area contributed by atoms with Gasteiger partial charge in [-0.05, 0) is 51.0 Å². The Morgan fingerprint density at radius 2 is 1.89 bits per heavy atom. The van der Waals surface area contributed by atoms with Crippen molar-refractivity contribution in [3.05, 3.63) is 46.7 Å². The van der Waals surface area contributed by atoms with Gasteiger partial charge in [0.2, 0.25) is 0 Å². The first-order valence-electron chi connectivity index (χ1n) is 9.37. The zero-order valence-electron chi connectivity index (χ0n) is 16.5. The molecule has 8 heteroatoms. The van der Waals surface area contributed by atoms with E-state index in [0.717, 1.165) is 20.9 Å². The molecule has 0 fully saturated rings. The summed E-state index contributed by atoms with van der Waals surface area (Å²) in [5.74, 6) is -1.89. The molecular formula is C20H24F2N2O3Si. The first kappa shape index (κ1) is 20.3. The van der Waals surface area contributed by atoms with Crippen molar-refractivity contribution >= 4 is 22.2 Å². The second-order valence-electron chi connectivity index (χ2n) is 7.90. The van der Waals surface area contributed by atoms with Gasteiger partial charge in [0.25, 0.3) is 5.91 Å². The van der Waals surface area contributed by atoms with Gasteiger partial charge in [0.15, 0.2) is 0 Å². The molecule has 0 saturated carbocycles. The molecule has 1 aromatic heterocycles. The molecule has 0 unspecified atom stereocenters. The second kappa shape index (κ2) is 7.50. The van der Waals surface area contributed by atoms with Crippen LogP contribution in [0.15, 0.2) is 18.2 Å². The maximum atomic E-state index is 14.9. The van der Waals surface area contributed by atoms with E-state index in [9.17, 15) is 18.4 Å². The predicted molar refractivity (Wildman–Crippen MR) is 106 cm³/mol. The summed E-state index contributed by atoms with van der Waals surface area (Å²) in [6.45, 7) is 5.45. The Morgan fingerprint density at radius 3 is 2.46 bits per heavy atom. The zero-order chi connectivity index (χ0) is 20.6. The van der Waals surface area contributed by atoms with Gasteiger partial charge in [0.05, 0.1) is 16.8 Å². The molecule has 3 rings (SSSR count). The Kier molecular flexibility index (Phi) is 5.43. The van der Waals surface area contributed by atoms with Crippen LogP contribution in [-0.2, 0) is 17.6 Å². The number of fused-ring (bicyclic) bond motifs is 1. The Hall–Kier alpha value is -2.48. The first-order valence-corrected chi connectivity index (χ1v) is 10.8. The van der Waals surface area contributed by atoms with Gasteiger partial charge in [-0.2, -0.15) is 0 Å². The number of hydrogen-bond donors (Lipinski definition) is 1. The fraction of sp³-hybridized carbons (Fsp3) is 0.400. The first-order chi connectivity index (χ1) is 13.1. The Morgan fingerprint density at radius 1 is 1.25 bits per heavy atom. The van der Waals surface area contributed by atoms with Crippen LogP contribution in [0.4, 0.5) is 13.6 Å². The Balaban J connectivity index is 2.21. The summed E-state index contributed by atoms with van der Waals surface area (Å²) in [5, 5.41) is 2.68. The standard InChI is InChI=1S/C20H24F2N2O3Si/c1-20(2,3)27-19(26)24-15-4-6-23-18(25)12(15)10-16(24)17-13(21)8-11(5-7-28)9-14(17)22/h8-10H,4-7H2,1-3,28H3,(H,23,25). The number of ether oxygens (including phenoxy) is 1. The van der Waals surface area contributed by atoms with Crippen molar-refractivity contribution in [2.45, 2.75) is 45.3 Å². The molecule has 0 spiro atoms. The SMILES string of the molecule is CC(C)(C)OC(=O)n1c(-c2c(F)cc(CC[SiH3])cc2F)cc2c1CCNC2=O. The van der Waals surface area contributed by atoms with E-state index in [1.807, 2.05) is 0 Å². The number of halogens is 2. The third kappa shape index (κ3) is 3.87. The van der Waals surface area contributed by atoms with Crippen LogP contribution in [0.3, 0.4) is 0 Å². The summed E-state index contributed by atoms with van der Waals surface area (Å²) in [6, 6.07) is 4.84. The molecule has 0 aliphatic carbocycles. The largest absolute Gasteiger partial charge is 0.443 e. The normalized spacial score (nSPS) is 14.0. The van der Waals surface area contributed by atoms with Gasteiger partial charge in [-0.1, -0.05) is 6.04 Å². The fourth-order valence-electron chi connectivity index (χ4n) is 3.39. The molecule has 150 valence electrons. The van der Waals surface area contributed by atoms with Gasteiger partial charge in [0, 0.05) is 28.9 Å². The topological polar surface area (TPSA) is 60.3 Å². The summed E-state index contributed by atoms with van der Waals surface area (Å²) in [5.41, 5.74) is 0.0690. The van der Waals surface area contributed by atoms with Crippen LogP contribution >= 0.6 is 0 Å². The van der Waals surface area contributed by atoms with Crippen LogP contribution in [0, 0.1) is 11.6 Å². The lowest BCUT2D eigenvalue weighted by Crippen LogP contribution is -2.34. The quantitative estimate of drug-likeness (QED) is 0.798. The van der Waals surface area contributed by atoms with Crippen LogP contribution in [0.2, 0.25) is 6.04 Å². The number of nitrogens with zero attached hydrogens (tertiary/aromatic N) is 1. The Labute approximate surface area is 165 Å². The van der Waals surface area contributed by atoms with Crippen molar-refractivity contribution in [3.8, 4) is 11.3 Å². The van der Waals surface area contributed by atoms with Crippen molar-refractivity contribution in [1.82, 2.24) is 9.88 Å². The highest BCUT2D eigenvalue weighted by atomic mass is 28.1. The van der Waals surface area contributed by atoms with E-state index in [1.165, 1.54) is 18.2 Å². The highest BCUT2D eigenvalue weighted by molar-refractivity contribution is 6.08. The number of carbonyl (C=O) groups is 2. The number of rotatable bonds is 3. The summed E-state index contributed by atoms with van der Waals surface area (Å²) in [4.78, 5) is 25.1. The van der Waals surface area contributed by atoms with Crippen molar-refractivity contribution in [2.24, 2.45) is 0 Å². The van der Waals surface area contributed by atoms with E-state index in [2.05, 4.69) is 5.32 Å². The Bertz CT molecular complexity index is 925. The number of nitrogens with one attached hydrogen (secondary N) is 1. The molecular weight excluding hydrogens is 382 g/mol. The molecule has 28 heavy (non-hydrogen) atoms. The summed E-state index contributed by atoms with van der Waals surface area (Å²) >= 11 is 0. The number of amides is 1.